The molecule has 5 nitrogen and oxygen atoms in total. The molecule has 0 aromatic carbocycles. The van der Waals surface area contributed by atoms with E-state index in [2.05, 4.69) is 0 Å². The van der Waals surface area contributed by atoms with Gasteiger partial charge in [-0.25, -0.2) is 0 Å². The number of hydrogen-bond acceptors (Lipinski definition) is 4. The lowest BCUT2D eigenvalue weighted by molar-refractivity contribution is -0.151. The normalized spacial score (nSPS) is 20.0. The van der Waals surface area contributed by atoms with Crippen molar-refractivity contribution in [3.8, 4) is 0 Å². The molecule has 0 N–H and O–H groups in total. The second-order valence-electron chi connectivity index (χ2n) is 3.50. The lowest BCUT2D eigenvalue weighted by Crippen LogP contribution is -2.39. The van der Waals surface area contributed by atoms with Crippen molar-refractivity contribution >= 4 is 11.9 Å². The number of ether oxygens (including phenoxy) is 2. The molecule has 0 radical (unpaired) electrons. The maximum Gasteiger partial charge on any atom is 0.325 e. The lowest BCUT2D eigenvalue weighted by atomic mass is 10.2. The van der Waals surface area contributed by atoms with E-state index in [1.54, 1.807) is 14.0 Å². The second kappa shape index (κ2) is 5.70. The second-order valence-corrected chi connectivity index (χ2v) is 3.50. The van der Waals surface area contributed by atoms with Crippen LogP contribution < -0.4 is 0 Å². The van der Waals surface area contributed by atoms with E-state index in [9.17, 15) is 9.59 Å². The standard InChI is InChI=1S/C10H17NO4/c1-3-14-9(12)7-11(2)10(13)8-5-4-6-15-8/h8H,3-7H2,1-2H3/t8-/m0/s1. The van der Waals surface area contributed by atoms with Crippen molar-refractivity contribution in [2.45, 2.75) is 25.9 Å². The average Bonchev–Trinajstić information content (AvgIpc) is 2.69. The van der Waals surface area contributed by atoms with E-state index in [4.69, 9.17) is 9.47 Å². The quantitative estimate of drug-likeness (QED) is 0.628. The molecule has 1 aliphatic heterocycles. The van der Waals surface area contributed by atoms with Gasteiger partial charge in [-0.15, -0.1) is 0 Å². The van der Waals surface area contributed by atoms with Crippen LogP contribution in [0, 0.1) is 0 Å². The van der Waals surface area contributed by atoms with Crippen molar-refractivity contribution in [1.29, 1.82) is 0 Å². The zero-order valence-electron chi connectivity index (χ0n) is 9.19. The fourth-order valence-electron chi connectivity index (χ4n) is 1.50. The molecule has 15 heavy (non-hydrogen) atoms. The van der Waals surface area contributed by atoms with Gasteiger partial charge in [0.25, 0.3) is 5.91 Å². The summed E-state index contributed by atoms with van der Waals surface area (Å²) in [5, 5.41) is 0. The molecule has 0 unspecified atom stereocenters. The van der Waals surface area contributed by atoms with Gasteiger partial charge in [-0.1, -0.05) is 0 Å². The summed E-state index contributed by atoms with van der Waals surface area (Å²) in [5.74, 6) is -0.521. The smallest absolute Gasteiger partial charge is 0.325 e. The van der Waals surface area contributed by atoms with Crippen LogP contribution in [0.25, 0.3) is 0 Å². The van der Waals surface area contributed by atoms with Gasteiger partial charge in [0.15, 0.2) is 0 Å². The Hall–Kier alpha value is -1.10. The number of amides is 1. The highest BCUT2D eigenvalue weighted by atomic mass is 16.5. The Bertz CT molecular complexity index is 236. The molecule has 1 rings (SSSR count). The molecule has 5 heteroatoms. The molecular formula is C10H17NO4. The van der Waals surface area contributed by atoms with E-state index < -0.39 is 0 Å². The van der Waals surface area contributed by atoms with Crippen LogP contribution in [0.4, 0.5) is 0 Å². The molecular weight excluding hydrogens is 198 g/mol. The number of carbonyl (C=O) groups is 2. The SMILES string of the molecule is CCOC(=O)CN(C)C(=O)[C@@H]1CCCO1. The molecule has 0 aromatic heterocycles. The van der Waals surface area contributed by atoms with Crippen molar-refractivity contribution < 1.29 is 19.1 Å². The predicted octanol–water partition coefficient (Wildman–Crippen LogP) is 0.187. The molecule has 0 aliphatic carbocycles. The van der Waals surface area contributed by atoms with Crippen LogP contribution in [0.1, 0.15) is 19.8 Å². The van der Waals surface area contributed by atoms with Crippen LogP contribution in [0.2, 0.25) is 0 Å². The minimum atomic E-state index is -0.383. The Kier molecular flexibility index (Phi) is 4.55. The van der Waals surface area contributed by atoms with Gasteiger partial charge < -0.3 is 14.4 Å². The third-order valence-corrected chi connectivity index (χ3v) is 2.25. The molecule has 0 aromatic rings. The topological polar surface area (TPSA) is 55.8 Å². The number of rotatable bonds is 4. The van der Waals surface area contributed by atoms with Crippen LogP contribution in [0.15, 0.2) is 0 Å². The Labute approximate surface area is 89.3 Å². The fraction of sp³-hybridized carbons (Fsp3) is 0.800. The van der Waals surface area contributed by atoms with Gasteiger partial charge in [-0.3, -0.25) is 9.59 Å². The van der Waals surface area contributed by atoms with Crippen LogP contribution in [0.3, 0.4) is 0 Å². The Balaban J connectivity index is 2.35. The summed E-state index contributed by atoms with van der Waals surface area (Å²) in [5.41, 5.74) is 0. The van der Waals surface area contributed by atoms with E-state index in [1.807, 2.05) is 0 Å². The fourth-order valence-corrected chi connectivity index (χ4v) is 1.50. The summed E-state index contributed by atoms with van der Waals surface area (Å²) in [6.07, 6.45) is 1.28. The number of hydrogen-bond donors (Lipinski definition) is 0. The first-order valence-electron chi connectivity index (χ1n) is 5.17. The van der Waals surface area contributed by atoms with Crippen LogP contribution in [-0.2, 0) is 19.1 Å². The third-order valence-electron chi connectivity index (χ3n) is 2.25. The van der Waals surface area contributed by atoms with E-state index in [-0.39, 0.29) is 24.5 Å². The monoisotopic (exact) mass is 215 g/mol. The summed E-state index contributed by atoms with van der Waals surface area (Å²) in [7, 11) is 1.58. The molecule has 1 saturated heterocycles. The van der Waals surface area contributed by atoms with Gasteiger partial charge in [-0.2, -0.15) is 0 Å². The number of esters is 1. The molecule has 1 amide bonds. The lowest BCUT2D eigenvalue weighted by Gasteiger charge is -2.19. The maximum atomic E-state index is 11.7. The Morgan fingerprint density at radius 1 is 1.53 bits per heavy atom. The summed E-state index contributed by atoms with van der Waals surface area (Å²) >= 11 is 0. The number of carbonyl (C=O) groups excluding carboxylic acids is 2. The van der Waals surface area contributed by atoms with Crippen LogP contribution in [-0.4, -0.2) is 49.7 Å². The maximum absolute atomic E-state index is 11.7. The van der Waals surface area contributed by atoms with Gasteiger partial charge in [0, 0.05) is 13.7 Å². The first-order chi connectivity index (χ1) is 7.15. The van der Waals surface area contributed by atoms with Crippen molar-refractivity contribution in [3.05, 3.63) is 0 Å². The summed E-state index contributed by atoms with van der Waals surface area (Å²) in [6.45, 7) is 2.69. The van der Waals surface area contributed by atoms with Crippen LogP contribution in [0.5, 0.6) is 0 Å². The zero-order valence-corrected chi connectivity index (χ0v) is 9.19. The van der Waals surface area contributed by atoms with Crippen LogP contribution >= 0.6 is 0 Å². The molecule has 0 bridgehead atoms. The minimum absolute atomic E-state index is 0.00741. The summed E-state index contributed by atoms with van der Waals surface area (Å²) < 4.78 is 9.99. The van der Waals surface area contributed by atoms with Crippen molar-refractivity contribution in [2.24, 2.45) is 0 Å². The zero-order chi connectivity index (χ0) is 11.3. The number of nitrogens with zero attached hydrogens (tertiary/aromatic N) is 1. The first kappa shape index (κ1) is 12.0. The van der Waals surface area contributed by atoms with Crippen molar-refractivity contribution in [3.63, 3.8) is 0 Å². The van der Waals surface area contributed by atoms with Gasteiger partial charge in [-0.05, 0) is 19.8 Å². The minimum Gasteiger partial charge on any atom is -0.465 e. The highest BCUT2D eigenvalue weighted by molar-refractivity contribution is 5.85. The van der Waals surface area contributed by atoms with E-state index in [0.717, 1.165) is 12.8 Å². The van der Waals surface area contributed by atoms with Gasteiger partial charge in [0.1, 0.15) is 12.6 Å². The van der Waals surface area contributed by atoms with Gasteiger partial charge in [0.05, 0.1) is 6.61 Å². The van der Waals surface area contributed by atoms with Crippen molar-refractivity contribution in [2.75, 3.05) is 26.8 Å². The third kappa shape index (κ3) is 3.51. The number of likely N-dealkylation sites (N-methyl/N-ethyl adjacent to an activating group) is 1. The summed E-state index contributed by atoms with van der Waals surface area (Å²) in [4.78, 5) is 24.1. The Morgan fingerprint density at radius 2 is 2.27 bits per heavy atom. The predicted molar refractivity (Wildman–Crippen MR) is 53.2 cm³/mol. The van der Waals surface area contributed by atoms with Gasteiger partial charge in [0.2, 0.25) is 0 Å². The molecule has 1 atom stereocenters. The van der Waals surface area contributed by atoms with Crippen molar-refractivity contribution in [1.82, 2.24) is 4.90 Å². The molecule has 1 aliphatic rings. The first-order valence-corrected chi connectivity index (χ1v) is 5.17. The average molecular weight is 215 g/mol. The van der Waals surface area contributed by atoms with E-state index in [1.165, 1.54) is 4.90 Å². The Morgan fingerprint density at radius 3 is 2.80 bits per heavy atom. The highest BCUT2D eigenvalue weighted by Gasteiger charge is 2.27. The molecule has 0 saturated carbocycles. The molecule has 86 valence electrons. The summed E-state index contributed by atoms with van der Waals surface area (Å²) in [6, 6.07) is 0. The van der Waals surface area contributed by atoms with E-state index >= 15 is 0 Å². The molecule has 1 fully saturated rings. The van der Waals surface area contributed by atoms with Gasteiger partial charge >= 0.3 is 5.97 Å². The highest BCUT2D eigenvalue weighted by Crippen LogP contribution is 2.13. The molecule has 1 heterocycles. The molecule has 0 spiro atoms. The largest absolute Gasteiger partial charge is 0.465 e. The van der Waals surface area contributed by atoms with E-state index in [0.29, 0.717) is 13.2 Å².